The largest absolute Gasteiger partial charge is 1.00 e. The Morgan fingerprint density at radius 3 is 2.45 bits per heavy atom. The van der Waals surface area contributed by atoms with Gasteiger partial charge < -0.3 is 25.8 Å². The van der Waals surface area contributed by atoms with E-state index in [4.69, 9.17) is 10.8 Å². The maximum atomic E-state index is 11.9. The van der Waals surface area contributed by atoms with Gasteiger partial charge in [-0.3, -0.25) is 19.3 Å². The zero-order valence-electron chi connectivity index (χ0n) is 12.3. The van der Waals surface area contributed by atoms with Crippen molar-refractivity contribution >= 4 is 23.8 Å². The van der Waals surface area contributed by atoms with Crippen molar-refractivity contribution in [3.8, 4) is 0 Å². The van der Waals surface area contributed by atoms with Gasteiger partial charge >= 0.3 is 35.5 Å². The second-order valence-electron chi connectivity index (χ2n) is 5.05. The van der Waals surface area contributed by atoms with Gasteiger partial charge in [-0.05, 0) is 19.3 Å². The van der Waals surface area contributed by atoms with Crippen LogP contribution in [0.15, 0.2) is 0 Å². The van der Waals surface area contributed by atoms with Crippen LogP contribution in [0.5, 0.6) is 0 Å². The quantitative estimate of drug-likeness (QED) is 0.226. The summed E-state index contributed by atoms with van der Waals surface area (Å²) in [7, 11) is 0. The standard InChI is InChI=1S/C12H18N2O7.Na/c13-7(10(18)19)3-1-2-4-14-8(15)5-12(21,11(14)20)6-9(16)17;/h7,21H,1-6,13H2,(H,16,17)(H,18,19);/q;+1/p-1/t7-,12?;/m0./s1. The van der Waals surface area contributed by atoms with Gasteiger partial charge in [-0.2, -0.15) is 0 Å². The van der Waals surface area contributed by atoms with Crippen LogP contribution in [0.1, 0.15) is 32.1 Å². The minimum Gasteiger partial charge on any atom is -0.550 e. The van der Waals surface area contributed by atoms with Crippen LogP contribution in [0, 0.1) is 0 Å². The number of imide groups is 1. The van der Waals surface area contributed by atoms with Gasteiger partial charge in [0.25, 0.3) is 5.91 Å². The number of hydrogen-bond donors (Lipinski definition) is 3. The molecule has 1 aliphatic rings. The zero-order valence-corrected chi connectivity index (χ0v) is 14.3. The second-order valence-corrected chi connectivity index (χ2v) is 5.05. The third-order valence-electron chi connectivity index (χ3n) is 3.29. The first kappa shape index (κ1) is 21.0. The van der Waals surface area contributed by atoms with Gasteiger partial charge in [-0.25, -0.2) is 0 Å². The average molecular weight is 324 g/mol. The molecule has 0 aromatic heterocycles. The summed E-state index contributed by atoms with van der Waals surface area (Å²) < 4.78 is 0. The van der Waals surface area contributed by atoms with E-state index in [1.165, 1.54) is 0 Å². The topological polar surface area (TPSA) is 161 Å². The van der Waals surface area contributed by atoms with Gasteiger partial charge in [0.05, 0.1) is 6.42 Å². The molecule has 0 bridgehead atoms. The molecule has 118 valence electrons. The number of aliphatic carboxylic acids is 2. The summed E-state index contributed by atoms with van der Waals surface area (Å²) in [6.45, 7) is -0.0145. The molecule has 0 radical (unpaired) electrons. The number of rotatable bonds is 8. The Hall–Kier alpha value is -1.00. The first-order valence-corrected chi connectivity index (χ1v) is 6.43. The molecule has 0 aromatic rings. The average Bonchev–Trinajstić information content (AvgIpc) is 2.55. The number of likely N-dealkylation sites (tertiary alicyclic amines) is 1. The fourth-order valence-electron chi connectivity index (χ4n) is 2.15. The van der Waals surface area contributed by atoms with Crippen LogP contribution in [0.4, 0.5) is 0 Å². The Labute approximate surface area is 148 Å². The molecule has 2 amide bonds. The van der Waals surface area contributed by atoms with Crippen LogP contribution >= 0.6 is 0 Å². The second kappa shape index (κ2) is 8.59. The van der Waals surface area contributed by atoms with Gasteiger partial charge in [-0.15, -0.1) is 0 Å². The Balaban J connectivity index is 0.00000441. The Kier molecular flexibility index (Phi) is 8.19. The molecular weight excluding hydrogens is 307 g/mol. The minimum atomic E-state index is -2.24. The first-order chi connectivity index (χ1) is 9.67. The molecule has 1 saturated heterocycles. The smallest absolute Gasteiger partial charge is 0.550 e. The van der Waals surface area contributed by atoms with Crippen molar-refractivity contribution in [2.45, 2.75) is 43.7 Å². The maximum absolute atomic E-state index is 11.9. The first-order valence-electron chi connectivity index (χ1n) is 6.43. The third-order valence-corrected chi connectivity index (χ3v) is 3.29. The normalized spacial score (nSPS) is 22.4. The Morgan fingerprint density at radius 1 is 1.36 bits per heavy atom. The third kappa shape index (κ3) is 5.33. The van der Waals surface area contributed by atoms with Crippen molar-refractivity contribution in [1.29, 1.82) is 0 Å². The monoisotopic (exact) mass is 324 g/mol. The van der Waals surface area contributed by atoms with Crippen molar-refractivity contribution < 1.29 is 64.1 Å². The summed E-state index contributed by atoms with van der Waals surface area (Å²) in [4.78, 5) is 45.3. The van der Waals surface area contributed by atoms with Crippen LogP contribution < -0.4 is 40.4 Å². The zero-order chi connectivity index (χ0) is 16.2. The number of carboxylic acid groups (broad SMARTS) is 2. The molecule has 0 aliphatic carbocycles. The van der Waals surface area contributed by atoms with Crippen molar-refractivity contribution in [3.63, 3.8) is 0 Å². The molecule has 1 heterocycles. The molecule has 1 fully saturated rings. The molecule has 22 heavy (non-hydrogen) atoms. The molecule has 1 unspecified atom stereocenters. The summed E-state index contributed by atoms with van der Waals surface area (Å²) in [5.41, 5.74) is 3.06. The van der Waals surface area contributed by atoms with Crippen molar-refractivity contribution in [2.24, 2.45) is 5.73 Å². The van der Waals surface area contributed by atoms with Crippen molar-refractivity contribution in [2.75, 3.05) is 6.54 Å². The van der Waals surface area contributed by atoms with Gasteiger partial charge in [-0.1, -0.05) is 0 Å². The predicted octanol–water partition coefficient (Wildman–Crippen LogP) is -5.80. The molecule has 10 heteroatoms. The molecule has 1 aliphatic heterocycles. The van der Waals surface area contributed by atoms with E-state index in [-0.39, 0.29) is 42.5 Å². The van der Waals surface area contributed by atoms with E-state index in [2.05, 4.69) is 0 Å². The van der Waals surface area contributed by atoms with E-state index >= 15 is 0 Å². The van der Waals surface area contributed by atoms with Crippen LogP contribution in [0.25, 0.3) is 0 Å². The fraction of sp³-hybridized carbons (Fsp3) is 0.667. The molecular formula is C12H17N2NaO7. The van der Waals surface area contributed by atoms with Gasteiger partial charge in [0, 0.05) is 18.9 Å². The molecule has 9 nitrogen and oxygen atoms in total. The summed E-state index contributed by atoms with van der Waals surface area (Å²) in [6.07, 6.45) is -0.634. The van der Waals surface area contributed by atoms with E-state index in [0.717, 1.165) is 4.90 Å². The van der Waals surface area contributed by atoms with E-state index in [9.17, 15) is 29.4 Å². The molecule has 0 spiro atoms. The van der Waals surface area contributed by atoms with Gasteiger partial charge in [0.1, 0.15) is 6.04 Å². The number of carboxylic acids is 2. The number of hydrogen-bond acceptors (Lipinski definition) is 7. The number of carbonyl (C=O) groups is 4. The summed E-state index contributed by atoms with van der Waals surface area (Å²) in [5.74, 6) is -4.37. The number of carbonyl (C=O) groups excluding carboxylic acids is 3. The van der Waals surface area contributed by atoms with Crippen LogP contribution in [0.3, 0.4) is 0 Å². The predicted molar refractivity (Wildman–Crippen MR) is 65.4 cm³/mol. The Bertz CT molecular complexity index is 470. The van der Waals surface area contributed by atoms with Gasteiger partial charge in [0.15, 0.2) is 5.60 Å². The number of unbranched alkanes of at least 4 members (excludes halogenated alkanes) is 1. The summed E-state index contributed by atoms with van der Waals surface area (Å²) in [6, 6.07) is -1.01. The number of nitrogens with two attached hydrogens (primary N) is 1. The van der Waals surface area contributed by atoms with E-state index in [1.54, 1.807) is 0 Å². The SMILES string of the molecule is N[C@@H](CCCCN1C(=O)CC(O)(CC(=O)[O-])C1=O)C(=O)O.[Na+]. The van der Waals surface area contributed by atoms with E-state index < -0.39 is 48.2 Å². The fourth-order valence-corrected chi connectivity index (χ4v) is 2.15. The summed E-state index contributed by atoms with van der Waals surface area (Å²) in [5, 5.41) is 28.9. The van der Waals surface area contributed by atoms with E-state index in [1.807, 2.05) is 0 Å². The van der Waals surface area contributed by atoms with Crippen molar-refractivity contribution in [3.05, 3.63) is 0 Å². The molecule has 2 atom stereocenters. The van der Waals surface area contributed by atoms with Gasteiger partial charge in [0.2, 0.25) is 5.91 Å². The number of aliphatic hydroxyl groups is 1. The number of amides is 2. The van der Waals surface area contributed by atoms with Crippen LogP contribution in [-0.4, -0.2) is 57.1 Å². The maximum Gasteiger partial charge on any atom is 1.00 e. The molecule has 1 rings (SSSR count). The van der Waals surface area contributed by atoms with Crippen molar-refractivity contribution in [1.82, 2.24) is 4.90 Å². The summed E-state index contributed by atoms with van der Waals surface area (Å²) >= 11 is 0. The Morgan fingerprint density at radius 2 is 1.95 bits per heavy atom. The van der Waals surface area contributed by atoms with E-state index in [0.29, 0.717) is 12.8 Å². The van der Waals surface area contributed by atoms with Crippen LogP contribution in [0.2, 0.25) is 0 Å². The van der Waals surface area contributed by atoms with Crippen LogP contribution in [-0.2, 0) is 19.2 Å². The number of nitrogens with zero attached hydrogens (tertiary/aromatic N) is 1. The molecule has 4 N–H and O–H groups in total. The minimum absolute atomic E-state index is 0. The molecule has 0 saturated carbocycles. The molecule has 0 aromatic carbocycles.